The first kappa shape index (κ1) is 23.7. The molecule has 0 unspecified atom stereocenters. The molecule has 4 aromatic rings. The largest absolute Gasteiger partial charge is 0.494 e. The average Bonchev–Trinajstić information content (AvgIpc) is 2.88. The van der Waals surface area contributed by atoms with Crippen LogP contribution in [-0.2, 0) is 21.3 Å². The molecule has 0 atom stereocenters. The molecule has 0 aliphatic carbocycles. The second kappa shape index (κ2) is 11.1. The molecule has 0 bridgehead atoms. The van der Waals surface area contributed by atoms with E-state index >= 15 is 0 Å². The number of nitrogens with zero attached hydrogens (tertiary/aromatic N) is 3. The smallest absolute Gasteiger partial charge is 0.229 e. The van der Waals surface area contributed by atoms with Gasteiger partial charge in [-0.05, 0) is 42.3 Å². The summed E-state index contributed by atoms with van der Waals surface area (Å²) in [5.74, 6) is 1.70. The van der Waals surface area contributed by atoms with Crippen LogP contribution in [-0.4, -0.2) is 16.6 Å². The molecule has 0 radical (unpaired) electrons. The Kier molecular flexibility index (Phi) is 7.55. The van der Waals surface area contributed by atoms with E-state index in [0.717, 1.165) is 22.4 Å². The third-order valence-electron chi connectivity index (χ3n) is 5.15. The van der Waals surface area contributed by atoms with Crippen LogP contribution in [0.3, 0.4) is 0 Å². The van der Waals surface area contributed by atoms with E-state index in [0.29, 0.717) is 41.1 Å². The second-order valence-corrected chi connectivity index (χ2v) is 8.47. The van der Waals surface area contributed by atoms with E-state index in [1.54, 1.807) is 36.5 Å². The summed E-state index contributed by atoms with van der Waals surface area (Å²) < 4.78 is 24.5. The number of ether oxygens (including phenoxy) is 1. The van der Waals surface area contributed by atoms with E-state index in [1.165, 1.54) is 0 Å². The van der Waals surface area contributed by atoms with Crippen molar-refractivity contribution in [3.05, 3.63) is 90.1 Å². The van der Waals surface area contributed by atoms with E-state index in [-0.39, 0.29) is 0 Å². The lowest BCUT2D eigenvalue weighted by Gasteiger charge is -2.15. The minimum absolute atomic E-state index is 0.337. The summed E-state index contributed by atoms with van der Waals surface area (Å²) in [5, 5.41) is 15.9. The predicted octanol–water partition coefficient (Wildman–Crippen LogP) is 5.85. The van der Waals surface area contributed by atoms with Crippen molar-refractivity contribution < 1.29 is 8.95 Å². The van der Waals surface area contributed by atoms with E-state index in [4.69, 9.17) is 9.52 Å². The van der Waals surface area contributed by atoms with Crippen molar-refractivity contribution in [2.24, 2.45) is 0 Å². The van der Waals surface area contributed by atoms with Gasteiger partial charge in [-0.15, -0.1) is 0 Å². The topological polar surface area (TPSA) is 124 Å². The molecule has 0 aliphatic heterocycles. The Morgan fingerprint density at radius 2 is 1.89 bits per heavy atom. The number of anilines is 3. The van der Waals surface area contributed by atoms with Crippen LogP contribution in [0.15, 0.2) is 83.9 Å². The molecule has 3 N–H and O–H groups in total. The number of hydrogen-bond donors (Lipinski definition) is 3. The fourth-order valence-corrected chi connectivity index (χ4v) is 3.90. The predicted molar refractivity (Wildman–Crippen MR) is 136 cm³/mol. The first-order valence-corrected chi connectivity index (χ1v) is 12.0. The fraction of sp³-hybridized carbons (Fsp3) is 0.115. The molecule has 0 fully saturated rings. The van der Waals surface area contributed by atoms with Gasteiger partial charge in [0.15, 0.2) is 0 Å². The van der Waals surface area contributed by atoms with Gasteiger partial charge >= 0.3 is 0 Å². The lowest BCUT2D eigenvalue weighted by atomic mass is 10.1. The Labute approximate surface area is 205 Å². The zero-order valence-electron chi connectivity index (χ0n) is 19.0. The van der Waals surface area contributed by atoms with Gasteiger partial charge in [0.2, 0.25) is 5.95 Å². The maximum Gasteiger partial charge on any atom is 0.229 e. The Morgan fingerprint density at radius 1 is 1.09 bits per heavy atom. The van der Waals surface area contributed by atoms with Crippen molar-refractivity contribution in [1.82, 2.24) is 9.97 Å². The summed E-state index contributed by atoms with van der Waals surface area (Å²) in [5.41, 5.74) is 3.76. The van der Waals surface area contributed by atoms with Crippen LogP contribution in [0.5, 0.6) is 5.75 Å². The third-order valence-corrected chi connectivity index (χ3v) is 5.84. The molecule has 0 amide bonds. The van der Waals surface area contributed by atoms with Crippen LogP contribution in [0, 0.1) is 16.1 Å². The van der Waals surface area contributed by atoms with Crippen LogP contribution in [0.2, 0.25) is 0 Å². The van der Waals surface area contributed by atoms with Gasteiger partial charge in [-0.3, -0.25) is 0 Å². The Bertz CT molecular complexity index is 1440. The van der Waals surface area contributed by atoms with Gasteiger partial charge < -0.3 is 24.4 Å². The highest BCUT2D eigenvalue weighted by atomic mass is 32.2. The molecule has 1 heterocycles. The molecule has 35 heavy (non-hydrogen) atoms. The fourth-order valence-electron chi connectivity index (χ4n) is 3.47. The summed E-state index contributed by atoms with van der Waals surface area (Å²) >= 11 is 0. The lowest BCUT2D eigenvalue weighted by molar-refractivity contribution is 0.340. The zero-order chi connectivity index (χ0) is 24.6. The first-order valence-electron chi connectivity index (χ1n) is 10.9. The maximum absolute atomic E-state index is 11.5. The third kappa shape index (κ3) is 5.93. The minimum atomic E-state index is -1.84. The molecule has 4 rings (SSSR count). The van der Waals surface area contributed by atoms with Crippen LogP contribution < -0.4 is 15.4 Å². The van der Waals surface area contributed by atoms with Crippen molar-refractivity contribution in [1.29, 1.82) is 10.0 Å². The van der Waals surface area contributed by atoms with Gasteiger partial charge in [0, 0.05) is 24.0 Å². The summed E-state index contributed by atoms with van der Waals surface area (Å²) in [4.78, 5) is 9.52. The van der Waals surface area contributed by atoms with E-state index in [2.05, 4.69) is 26.7 Å². The van der Waals surface area contributed by atoms with Gasteiger partial charge in [0.1, 0.15) is 11.6 Å². The van der Waals surface area contributed by atoms with Crippen LogP contribution in [0.4, 0.5) is 17.5 Å². The minimum Gasteiger partial charge on any atom is -0.494 e. The van der Waals surface area contributed by atoms with Crippen LogP contribution >= 0.6 is 0 Å². The Balaban J connectivity index is 1.67. The highest BCUT2D eigenvalue weighted by Gasteiger charge is 2.11. The number of rotatable bonds is 9. The standard InChI is InChI=1S/C26H23N6O2S/c1-2-34-22-12-10-18(11-13-22)24-17-30-26(31-21-8-5-9-23(14-21)35(28)33)32-25(24)29-16-20-7-4-3-6-19(20)15-27/h3-14,17,28H,2,16H2,1H3,(H2,29,30,31,32)/q-1. The SMILES string of the molecule is CCOc1ccc(-c2cnc(Nc3cccc([S-](=N)=O)c3)nc2NCc2ccccc2C#N)cc1. The molecule has 9 heteroatoms. The van der Waals surface area contributed by atoms with Gasteiger partial charge in [-0.1, -0.05) is 53.4 Å². The monoisotopic (exact) mass is 483 g/mol. The quantitative estimate of drug-likeness (QED) is 0.255. The molecule has 1 aromatic heterocycles. The number of benzene rings is 3. The highest BCUT2D eigenvalue weighted by molar-refractivity contribution is 7.73. The molecular formula is C26H23N6O2S-. The van der Waals surface area contributed by atoms with E-state index < -0.39 is 10.6 Å². The Morgan fingerprint density at radius 3 is 2.63 bits per heavy atom. The van der Waals surface area contributed by atoms with Crippen molar-refractivity contribution in [2.75, 3.05) is 17.2 Å². The molecular weight excluding hydrogens is 460 g/mol. The van der Waals surface area contributed by atoms with Gasteiger partial charge in [0.25, 0.3) is 0 Å². The number of nitriles is 1. The highest BCUT2D eigenvalue weighted by Crippen LogP contribution is 2.30. The number of hydrogen-bond acceptors (Lipinski definition) is 9. The van der Waals surface area contributed by atoms with Crippen LogP contribution in [0.25, 0.3) is 11.1 Å². The molecule has 0 spiro atoms. The van der Waals surface area contributed by atoms with Gasteiger partial charge in [0.05, 0.1) is 18.2 Å². The van der Waals surface area contributed by atoms with E-state index in [9.17, 15) is 9.47 Å². The number of nitrogens with one attached hydrogen (secondary N) is 3. The summed E-state index contributed by atoms with van der Waals surface area (Å²) in [6, 6.07) is 24.1. The van der Waals surface area contributed by atoms with Crippen molar-refractivity contribution in [3.63, 3.8) is 0 Å². The molecule has 3 aromatic carbocycles. The van der Waals surface area contributed by atoms with E-state index in [1.807, 2.05) is 49.4 Å². The normalized spacial score (nSPS) is 10.5. The van der Waals surface area contributed by atoms with Gasteiger partial charge in [-0.2, -0.15) is 20.8 Å². The van der Waals surface area contributed by atoms with Crippen molar-refractivity contribution in [2.45, 2.75) is 18.4 Å². The number of aromatic nitrogens is 2. The summed E-state index contributed by atoms with van der Waals surface area (Å²) in [6.45, 7) is 2.92. The maximum atomic E-state index is 11.5. The lowest BCUT2D eigenvalue weighted by Crippen LogP contribution is -2.07. The second-order valence-electron chi connectivity index (χ2n) is 7.46. The Hall–Kier alpha value is -4.42. The summed E-state index contributed by atoms with van der Waals surface area (Å²) in [7, 11) is -1.84. The molecule has 0 saturated carbocycles. The molecule has 0 saturated heterocycles. The van der Waals surface area contributed by atoms with Crippen LogP contribution in [0.1, 0.15) is 18.1 Å². The average molecular weight is 484 g/mol. The molecule has 176 valence electrons. The van der Waals surface area contributed by atoms with Crippen molar-refractivity contribution in [3.8, 4) is 22.9 Å². The molecule has 0 aliphatic rings. The first-order chi connectivity index (χ1) is 17.1. The van der Waals surface area contributed by atoms with Crippen molar-refractivity contribution >= 4 is 28.0 Å². The zero-order valence-corrected chi connectivity index (χ0v) is 19.8. The van der Waals surface area contributed by atoms with Gasteiger partial charge in [-0.25, -0.2) is 4.98 Å². The summed E-state index contributed by atoms with van der Waals surface area (Å²) in [6.07, 6.45) is 1.72. The molecule has 8 nitrogen and oxygen atoms in total.